The maximum Gasteiger partial charge on any atom is 0.298 e. The molecule has 1 fully saturated rings. The first kappa shape index (κ1) is 23.4. The summed E-state index contributed by atoms with van der Waals surface area (Å²) >= 11 is 0. The van der Waals surface area contributed by atoms with Gasteiger partial charge in [0.15, 0.2) is 0 Å². The van der Waals surface area contributed by atoms with Crippen molar-refractivity contribution in [3.63, 3.8) is 0 Å². The number of aliphatic hydroxyl groups is 1. The van der Waals surface area contributed by atoms with E-state index in [9.17, 15) is 13.2 Å². The number of alkyl halides is 2. The fourth-order valence-corrected chi connectivity index (χ4v) is 4.46. The van der Waals surface area contributed by atoms with Crippen LogP contribution in [0.2, 0.25) is 0 Å². The lowest BCUT2D eigenvalue weighted by Crippen LogP contribution is -2.39. The number of rotatable bonds is 7. The molecule has 0 aliphatic carbocycles. The van der Waals surface area contributed by atoms with E-state index in [4.69, 9.17) is 9.84 Å². The number of anilines is 2. The molecule has 9 heteroatoms. The van der Waals surface area contributed by atoms with Crippen LogP contribution in [0.4, 0.5) is 24.7 Å². The monoisotopic (exact) mass is 462 g/mol. The molecular formula is C24H29F3N4O2. The second-order valence-corrected chi connectivity index (χ2v) is 8.60. The number of aryl methyl sites for hydroxylation is 1. The molecule has 6 nitrogen and oxygen atoms in total. The smallest absolute Gasteiger partial charge is 0.298 e. The van der Waals surface area contributed by atoms with Gasteiger partial charge in [-0.1, -0.05) is 12.1 Å². The number of nitrogens with zero attached hydrogens (tertiary/aromatic N) is 2. The highest BCUT2D eigenvalue weighted by Gasteiger charge is 2.35. The van der Waals surface area contributed by atoms with E-state index >= 15 is 0 Å². The van der Waals surface area contributed by atoms with Gasteiger partial charge in [0.25, 0.3) is 5.92 Å². The molecule has 1 aliphatic heterocycles. The Bertz CT molecular complexity index is 1130. The number of benzene rings is 1. The Morgan fingerprint density at radius 2 is 2.18 bits per heavy atom. The zero-order valence-electron chi connectivity index (χ0n) is 19.0. The molecule has 178 valence electrons. The molecule has 0 spiro atoms. The number of ether oxygens (including phenoxy) is 1. The number of hydrogen-bond donors (Lipinski definition) is 3. The first-order valence-electron chi connectivity index (χ1n) is 11.0. The van der Waals surface area contributed by atoms with Crippen LogP contribution in [0.5, 0.6) is 0 Å². The average Bonchev–Trinajstić information content (AvgIpc) is 3.13. The van der Waals surface area contributed by atoms with Crippen LogP contribution in [-0.4, -0.2) is 48.0 Å². The van der Waals surface area contributed by atoms with E-state index in [0.717, 1.165) is 54.3 Å². The predicted octanol–water partition coefficient (Wildman–Crippen LogP) is 4.88. The van der Waals surface area contributed by atoms with Crippen molar-refractivity contribution in [1.29, 1.82) is 0 Å². The number of fused-ring (bicyclic) bond motifs is 1. The number of halogens is 3. The normalized spacial score (nSPS) is 18.0. The standard InChI is InChI=1S/C24H29F3N4O2/c1-14(18-7-4-8-20(21(18)25)24(26,27)13-32)29-23-19-10-16(11-28-22(19)15(2)30-23)31-9-5-6-17(12-31)33-3/h4,7-8,10-11,14,17,29-30,32H,5-6,9,12-13H2,1-3H3/t14-,17+/m1/s1. The summed E-state index contributed by atoms with van der Waals surface area (Å²) in [7, 11) is 1.72. The minimum Gasteiger partial charge on any atom is -0.390 e. The molecule has 0 amide bonds. The van der Waals surface area contributed by atoms with Gasteiger partial charge in [0.2, 0.25) is 0 Å². The average molecular weight is 463 g/mol. The quantitative estimate of drug-likeness (QED) is 0.467. The highest BCUT2D eigenvalue weighted by Crippen LogP contribution is 2.35. The maximum absolute atomic E-state index is 14.9. The fraction of sp³-hybridized carbons (Fsp3) is 0.458. The maximum atomic E-state index is 14.9. The molecule has 3 heterocycles. The summed E-state index contributed by atoms with van der Waals surface area (Å²) in [5.41, 5.74) is 1.87. The summed E-state index contributed by atoms with van der Waals surface area (Å²) in [4.78, 5) is 10.1. The molecule has 33 heavy (non-hydrogen) atoms. The van der Waals surface area contributed by atoms with E-state index in [-0.39, 0.29) is 11.7 Å². The zero-order valence-corrected chi connectivity index (χ0v) is 19.0. The van der Waals surface area contributed by atoms with E-state index in [1.807, 2.05) is 19.2 Å². The first-order chi connectivity index (χ1) is 15.7. The second kappa shape index (κ2) is 9.23. The Labute approximate surface area is 190 Å². The fourth-order valence-electron chi connectivity index (χ4n) is 4.46. The van der Waals surface area contributed by atoms with Gasteiger partial charge in [-0.25, -0.2) is 4.39 Å². The van der Waals surface area contributed by atoms with E-state index in [0.29, 0.717) is 5.82 Å². The third kappa shape index (κ3) is 4.52. The van der Waals surface area contributed by atoms with Crippen LogP contribution in [-0.2, 0) is 10.7 Å². The number of H-pyrrole nitrogens is 1. The van der Waals surface area contributed by atoms with Gasteiger partial charge in [-0.2, -0.15) is 8.78 Å². The second-order valence-electron chi connectivity index (χ2n) is 8.60. The third-order valence-electron chi connectivity index (χ3n) is 6.34. The zero-order chi connectivity index (χ0) is 23.8. The molecular weight excluding hydrogens is 433 g/mol. The van der Waals surface area contributed by atoms with Crippen molar-refractivity contribution in [1.82, 2.24) is 9.97 Å². The Hall–Kier alpha value is -2.78. The van der Waals surface area contributed by atoms with Crippen LogP contribution in [0.25, 0.3) is 10.9 Å². The predicted molar refractivity (Wildman–Crippen MR) is 122 cm³/mol. The van der Waals surface area contributed by atoms with Gasteiger partial charge in [-0.05, 0) is 38.8 Å². The van der Waals surface area contributed by atoms with E-state index in [1.165, 1.54) is 12.1 Å². The summed E-state index contributed by atoms with van der Waals surface area (Å²) < 4.78 is 48.4. The molecule has 0 unspecified atom stereocenters. The van der Waals surface area contributed by atoms with Crippen molar-refractivity contribution >= 4 is 22.4 Å². The summed E-state index contributed by atoms with van der Waals surface area (Å²) in [6.07, 6.45) is 4.07. The largest absolute Gasteiger partial charge is 0.390 e. The van der Waals surface area contributed by atoms with Gasteiger partial charge >= 0.3 is 0 Å². The molecule has 1 saturated heterocycles. The van der Waals surface area contributed by atoms with Crippen molar-refractivity contribution in [2.75, 3.05) is 37.0 Å². The lowest BCUT2D eigenvalue weighted by Gasteiger charge is -2.33. The lowest BCUT2D eigenvalue weighted by atomic mass is 10.0. The van der Waals surface area contributed by atoms with Crippen LogP contribution in [0.3, 0.4) is 0 Å². The number of methoxy groups -OCH3 is 1. The third-order valence-corrected chi connectivity index (χ3v) is 6.34. The summed E-state index contributed by atoms with van der Waals surface area (Å²) in [6, 6.07) is 5.25. The Balaban J connectivity index is 1.65. The van der Waals surface area contributed by atoms with Gasteiger partial charge in [-0.15, -0.1) is 0 Å². The Morgan fingerprint density at radius 1 is 1.39 bits per heavy atom. The van der Waals surface area contributed by atoms with E-state index in [1.54, 1.807) is 14.0 Å². The molecule has 0 saturated carbocycles. The van der Waals surface area contributed by atoms with Crippen LogP contribution in [0, 0.1) is 12.7 Å². The summed E-state index contributed by atoms with van der Waals surface area (Å²) in [5.74, 6) is -4.03. The number of piperidine rings is 1. The van der Waals surface area contributed by atoms with Crippen molar-refractivity contribution in [2.24, 2.45) is 0 Å². The van der Waals surface area contributed by atoms with Crippen LogP contribution >= 0.6 is 0 Å². The molecule has 1 aliphatic rings. The van der Waals surface area contributed by atoms with Gasteiger partial charge < -0.3 is 25.0 Å². The number of hydrogen-bond acceptors (Lipinski definition) is 5. The van der Waals surface area contributed by atoms with Crippen molar-refractivity contribution < 1.29 is 23.0 Å². The molecule has 2 atom stereocenters. The van der Waals surface area contributed by atoms with Crippen molar-refractivity contribution in [2.45, 2.75) is 44.8 Å². The highest BCUT2D eigenvalue weighted by atomic mass is 19.3. The minimum atomic E-state index is -3.65. The van der Waals surface area contributed by atoms with Gasteiger partial charge in [0, 0.05) is 36.8 Å². The topological polar surface area (TPSA) is 73.4 Å². The molecule has 0 radical (unpaired) electrons. The molecule has 1 aromatic carbocycles. The SMILES string of the molecule is CO[C@H]1CCCN(c2cnc3c(C)[nH]c(N[C@H](C)c4cccc(C(F)(F)CO)c4F)c3c2)C1. The summed E-state index contributed by atoms with van der Waals surface area (Å²) in [6.45, 7) is 3.84. The van der Waals surface area contributed by atoms with E-state index in [2.05, 4.69) is 20.2 Å². The number of aromatic nitrogens is 2. The van der Waals surface area contributed by atoms with Crippen LogP contribution in [0.1, 0.15) is 42.6 Å². The number of aliphatic hydroxyl groups excluding tert-OH is 1. The number of aromatic amines is 1. The van der Waals surface area contributed by atoms with Crippen molar-refractivity contribution in [3.05, 3.63) is 53.1 Å². The molecule has 2 aromatic heterocycles. The molecule has 0 bridgehead atoms. The van der Waals surface area contributed by atoms with E-state index < -0.39 is 30.0 Å². The summed E-state index contributed by atoms with van der Waals surface area (Å²) in [5, 5.41) is 13.0. The Morgan fingerprint density at radius 3 is 2.91 bits per heavy atom. The van der Waals surface area contributed by atoms with Crippen LogP contribution in [0.15, 0.2) is 30.5 Å². The first-order valence-corrected chi connectivity index (χ1v) is 11.0. The minimum absolute atomic E-state index is 0.0871. The van der Waals surface area contributed by atoms with Crippen molar-refractivity contribution in [3.8, 4) is 0 Å². The number of nitrogens with one attached hydrogen (secondary N) is 2. The van der Waals surface area contributed by atoms with Gasteiger partial charge in [0.1, 0.15) is 18.2 Å². The van der Waals surface area contributed by atoms with Gasteiger partial charge in [0.05, 0.1) is 35.1 Å². The van der Waals surface area contributed by atoms with Crippen LogP contribution < -0.4 is 10.2 Å². The van der Waals surface area contributed by atoms with Gasteiger partial charge in [-0.3, -0.25) is 4.98 Å². The lowest BCUT2D eigenvalue weighted by molar-refractivity contribution is -0.0583. The highest BCUT2D eigenvalue weighted by molar-refractivity contribution is 5.94. The Kier molecular flexibility index (Phi) is 6.54. The molecule has 4 rings (SSSR count). The molecule has 3 aromatic rings. The number of pyridine rings is 1. The molecule has 3 N–H and O–H groups in total.